The van der Waals surface area contributed by atoms with Crippen LogP contribution in [0.25, 0.3) is 0 Å². The Balaban J connectivity index is 2.31. The first-order chi connectivity index (χ1) is 8.58. The van der Waals surface area contributed by atoms with Crippen molar-refractivity contribution >= 4 is 5.97 Å². The smallest absolute Gasteiger partial charge is 0.354 e. The molecule has 92 valence electrons. The number of aromatic nitrogens is 2. The monoisotopic (exact) mass is 252 g/mol. The Bertz CT molecular complexity index is 605. The van der Waals surface area contributed by atoms with Crippen LogP contribution in [-0.4, -0.2) is 21.0 Å². The van der Waals surface area contributed by atoms with Gasteiger partial charge in [0.1, 0.15) is 0 Å². The van der Waals surface area contributed by atoms with E-state index < -0.39 is 23.4 Å². The highest BCUT2D eigenvalue weighted by molar-refractivity contribution is 5.85. The fraction of sp³-hybridized carbons (Fsp3) is 0. The summed E-state index contributed by atoms with van der Waals surface area (Å²) in [5.41, 5.74) is -0.309. The zero-order valence-electron chi connectivity index (χ0n) is 8.80. The van der Waals surface area contributed by atoms with Gasteiger partial charge in [0.05, 0.1) is 0 Å². The number of nitrogens with zero attached hydrogens (tertiary/aromatic N) is 2. The summed E-state index contributed by atoms with van der Waals surface area (Å²) in [6.07, 6.45) is 1.14. The van der Waals surface area contributed by atoms with E-state index in [0.29, 0.717) is 0 Å². The Morgan fingerprint density at radius 3 is 2.78 bits per heavy atom. The zero-order chi connectivity index (χ0) is 13.1. The number of carboxylic acids is 1. The van der Waals surface area contributed by atoms with E-state index in [2.05, 4.69) is 9.97 Å². The lowest BCUT2D eigenvalue weighted by Crippen LogP contribution is -2.03. The fourth-order valence-corrected chi connectivity index (χ4v) is 1.17. The van der Waals surface area contributed by atoms with Crippen molar-refractivity contribution in [1.82, 2.24) is 9.97 Å². The zero-order valence-corrected chi connectivity index (χ0v) is 8.80. The van der Waals surface area contributed by atoms with E-state index in [1.807, 2.05) is 0 Å². The Morgan fingerprint density at radius 1 is 1.28 bits per heavy atom. The van der Waals surface area contributed by atoms with Crippen molar-refractivity contribution in [3.63, 3.8) is 0 Å². The third-order valence-electron chi connectivity index (χ3n) is 1.97. The first kappa shape index (κ1) is 11.9. The van der Waals surface area contributed by atoms with Crippen LogP contribution < -0.4 is 4.74 Å². The van der Waals surface area contributed by atoms with Gasteiger partial charge in [-0.2, -0.15) is 9.37 Å². The average Bonchev–Trinajstić information content (AvgIpc) is 2.35. The number of benzene rings is 1. The topological polar surface area (TPSA) is 72.3 Å². The third-order valence-corrected chi connectivity index (χ3v) is 1.97. The van der Waals surface area contributed by atoms with E-state index in [4.69, 9.17) is 9.84 Å². The first-order valence-electron chi connectivity index (χ1n) is 4.76. The van der Waals surface area contributed by atoms with Crippen LogP contribution in [0.15, 0.2) is 30.5 Å². The lowest BCUT2D eigenvalue weighted by molar-refractivity contribution is 0.0689. The standard InChI is InChI=1S/C11H6F2N2O3/c12-6-2-1-3-8(9(6)13)18-11-14-5-4-7(15-11)10(16)17/h1-5H,(H,16,17). The van der Waals surface area contributed by atoms with Crippen LogP contribution >= 0.6 is 0 Å². The van der Waals surface area contributed by atoms with E-state index in [-0.39, 0.29) is 11.7 Å². The molecule has 0 bridgehead atoms. The van der Waals surface area contributed by atoms with Gasteiger partial charge in [-0.3, -0.25) is 0 Å². The minimum atomic E-state index is -1.28. The van der Waals surface area contributed by atoms with Crippen molar-refractivity contribution in [1.29, 1.82) is 0 Å². The molecule has 0 radical (unpaired) electrons. The summed E-state index contributed by atoms with van der Waals surface area (Å²) in [4.78, 5) is 17.8. The molecule has 1 heterocycles. The van der Waals surface area contributed by atoms with Crippen molar-refractivity contribution in [2.75, 3.05) is 0 Å². The molecule has 1 N–H and O–H groups in total. The second kappa shape index (κ2) is 4.74. The molecule has 0 aliphatic heterocycles. The Morgan fingerprint density at radius 2 is 2.06 bits per heavy atom. The maximum Gasteiger partial charge on any atom is 0.354 e. The average molecular weight is 252 g/mol. The molecule has 0 saturated heterocycles. The largest absolute Gasteiger partial charge is 0.477 e. The van der Waals surface area contributed by atoms with Gasteiger partial charge in [-0.1, -0.05) is 6.07 Å². The van der Waals surface area contributed by atoms with Crippen LogP contribution in [0.1, 0.15) is 10.5 Å². The lowest BCUT2D eigenvalue weighted by Gasteiger charge is -2.05. The third kappa shape index (κ3) is 2.40. The molecule has 0 unspecified atom stereocenters. The van der Waals surface area contributed by atoms with Crippen LogP contribution in [-0.2, 0) is 0 Å². The molecular formula is C11H6F2N2O3. The highest BCUT2D eigenvalue weighted by Crippen LogP contribution is 2.23. The van der Waals surface area contributed by atoms with Crippen molar-refractivity contribution in [2.24, 2.45) is 0 Å². The van der Waals surface area contributed by atoms with Gasteiger partial charge in [-0.25, -0.2) is 14.2 Å². The molecular weight excluding hydrogens is 246 g/mol. The molecule has 2 rings (SSSR count). The van der Waals surface area contributed by atoms with Crippen LogP contribution in [0, 0.1) is 11.6 Å². The number of rotatable bonds is 3. The Kier molecular flexibility index (Phi) is 3.13. The molecule has 0 spiro atoms. The summed E-state index contributed by atoms with van der Waals surface area (Å²) >= 11 is 0. The SMILES string of the molecule is O=C(O)c1ccnc(Oc2cccc(F)c2F)n1. The van der Waals surface area contributed by atoms with Crippen molar-refractivity contribution in [3.05, 3.63) is 47.8 Å². The lowest BCUT2D eigenvalue weighted by atomic mass is 10.3. The number of hydrogen-bond acceptors (Lipinski definition) is 4. The van der Waals surface area contributed by atoms with E-state index >= 15 is 0 Å². The maximum absolute atomic E-state index is 13.3. The second-order valence-corrected chi connectivity index (χ2v) is 3.18. The minimum Gasteiger partial charge on any atom is -0.477 e. The van der Waals surface area contributed by atoms with Crippen LogP contribution in [0.5, 0.6) is 11.8 Å². The van der Waals surface area contributed by atoms with Crippen LogP contribution in [0.3, 0.4) is 0 Å². The summed E-state index contributed by atoms with van der Waals surface area (Å²) in [7, 11) is 0. The molecule has 0 saturated carbocycles. The number of aromatic carboxylic acids is 1. The molecule has 5 nitrogen and oxygen atoms in total. The summed E-state index contributed by atoms with van der Waals surface area (Å²) in [6, 6.07) is 4.12. The first-order valence-corrected chi connectivity index (χ1v) is 4.76. The van der Waals surface area contributed by atoms with Gasteiger partial charge >= 0.3 is 12.0 Å². The van der Waals surface area contributed by atoms with E-state index in [0.717, 1.165) is 18.3 Å². The minimum absolute atomic E-state index is 0.309. The quantitative estimate of drug-likeness (QED) is 0.906. The Hall–Kier alpha value is -2.57. The highest BCUT2D eigenvalue weighted by Gasteiger charge is 2.12. The number of carbonyl (C=O) groups is 1. The highest BCUT2D eigenvalue weighted by atomic mass is 19.2. The summed E-state index contributed by atoms with van der Waals surface area (Å²) in [6.45, 7) is 0. The summed E-state index contributed by atoms with van der Waals surface area (Å²) < 4.78 is 31.1. The molecule has 0 aliphatic carbocycles. The predicted octanol–water partition coefficient (Wildman–Crippen LogP) is 2.25. The number of carboxylic acid groups (broad SMARTS) is 1. The molecule has 0 amide bonds. The molecule has 0 atom stereocenters. The molecule has 1 aromatic heterocycles. The predicted molar refractivity (Wildman–Crippen MR) is 55.4 cm³/mol. The van der Waals surface area contributed by atoms with Gasteiger partial charge in [-0.05, 0) is 18.2 Å². The molecule has 18 heavy (non-hydrogen) atoms. The molecule has 7 heteroatoms. The second-order valence-electron chi connectivity index (χ2n) is 3.18. The van der Waals surface area contributed by atoms with Gasteiger partial charge in [0.2, 0.25) is 5.82 Å². The van der Waals surface area contributed by atoms with Crippen molar-refractivity contribution < 1.29 is 23.4 Å². The van der Waals surface area contributed by atoms with E-state index in [9.17, 15) is 13.6 Å². The van der Waals surface area contributed by atoms with E-state index in [1.165, 1.54) is 12.1 Å². The number of halogens is 2. The number of hydrogen-bond donors (Lipinski definition) is 1. The fourth-order valence-electron chi connectivity index (χ4n) is 1.17. The van der Waals surface area contributed by atoms with E-state index in [1.54, 1.807) is 0 Å². The van der Waals surface area contributed by atoms with Gasteiger partial charge in [0, 0.05) is 6.20 Å². The van der Waals surface area contributed by atoms with Gasteiger partial charge in [0.25, 0.3) is 0 Å². The van der Waals surface area contributed by atoms with Gasteiger partial charge in [0.15, 0.2) is 17.3 Å². The maximum atomic E-state index is 13.3. The Labute approximate surface area is 99.7 Å². The summed E-state index contributed by atoms with van der Waals surface area (Å²) in [5, 5.41) is 8.69. The van der Waals surface area contributed by atoms with Crippen molar-refractivity contribution in [3.8, 4) is 11.8 Å². The normalized spacial score (nSPS) is 10.1. The van der Waals surface area contributed by atoms with Crippen molar-refractivity contribution in [2.45, 2.75) is 0 Å². The van der Waals surface area contributed by atoms with Gasteiger partial charge < -0.3 is 9.84 Å². The number of ether oxygens (including phenoxy) is 1. The van der Waals surface area contributed by atoms with Crippen LogP contribution in [0.2, 0.25) is 0 Å². The molecule has 1 aromatic carbocycles. The summed E-state index contributed by atoms with van der Waals surface area (Å²) in [5.74, 6) is -3.97. The van der Waals surface area contributed by atoms with Gasteiger partial charge in [-0.15, -0.1) is 0 Å². The van der Waals surface area contributed by atoms with Crippen LogP contribution in [0.4, 0.5) is 8.78 Å². The molecule has 0 fully saturated rings. The molecule has 2 aromatic rings. The molecule has 0 aliphatic rings.